The van der Waals surface area contributed by atoms with E-state index in [2.05, 4.69) is 26.1 Å². The number of carbonyl (C=O) groups excluding carboxylic acids is 1. The molecular formula is C29H32N2O6S. The van der Waals surface area contributed by atoms with Gasteiger partial charge in [-0.15, -0.1) is 0 Å². The highest BCUT2D eigenvalue weighted by atomic mass is 32.2. The highest BCUT2D eigenvalue weighted by Gasteiger charge is 2.42. The number of amides is 1. The van der Waals surface area contributed by atoms with Gasteiger partial charge < -0.3 is 15.2 Å². The average Bonchev–Trinajstić information content (AvgIpc) is 3.27. The van der Waals surface area contributed by atoms with Crippen LogP contribution in [0.3, 0.4) is 0 Å². The molecule has 0 saturated carbocycles. The summed E-state index contributed by atoms with van der Waals surface area (Å²) in [5, 5.41) is 11.7. The molecular weight excluding hydrogens is 504 g/mol. The Hall–Kier alpha value is -3.85. The van der Waals surface area contributed by atoms with Crippen LogP contribution in [0.2, 0.25) is 0 Å². The van der Waals surface area contributed by atoms with Crippen molar-refractivity contribution in [1.82, 2.24) is 5.32 Å². The standard InChI is InChI=1S/C29H32N2O6S/c1-29(2,3)22-10-14-24(15-11-22)38(35,36)31-25-7-5-4-6-21(25)19-26(31)28(34)30-16-17-37-23-12-8-20(9-13-23)18-27(32)33/h4-15,26H,16-19H2,1-3H3,(H,30,34)(H,32,33)/t26-/m0/s1. The number of carboxylic acids is 1. The Morgan fingerprint density at radius 2 is 1.66 bits per heavy atom. The van der Waals surface area contributed by atoms with E-state index >= 15 is 0 Å². The number of benzene rings is 3. The van der Waals surface area contributed by atoms with Crippen molar-refractivity contribution in [3.05, 3.63) is 89.5 Å². The van der Waals surface area contributed by atoms with Crippen LogP contribution in [0.15, 0.2) is 77.7 Å². The van der Waals surface area contributed by atoms with Crippen molar-refractivity contribution in [2.75, 3.05) is 17.5 Å². The maximum Gasteiger partial charge on any atom is 0.307 e. The Morgan fingerprint density at radius 1 is 1.00 bits per heavy atom. The molecule has 38 heavy (non-hydrogen) atoms. The average molecular weight is 537 g/mol. The van der Waals surface area contributed by atoms with Gasteiger partial charge in [-0.1, -0.05) is 63.2 Å². The Balaban J connectivity index is 1.45. The summed E-state index contributed by atoms with van der Waals surface area (Å²) in [6.07, 6.45) is 0.202. The fourth-order valence-corrected chi connectivity index (χ4v) is 6.08. The van der Waals surface area contributed by atoms with Gasteiger partial charge >= 0.3 is 5.97 Å². The number of nitrogens with zero attached hydrogens (tertiary/aromatic N) is 1. The number of anilines is 1. The van der Waals surface area contributed by atoms with Gasteiger partial charge in [0, 0.05) is 6.42 Å². The number of aliphatic carboxylic acids is 1. The molecule has 0 aromatic heterocycles. The molecule has 0 saturated heterocycles. The molecule has 1 aliphatic rings. The number of fused-ring (bicyclic) bond motifs is 1. The third-order valence-electron chi connectivity index (χ3n) is 6.45. The maximum atomic E-state index is 13.8. The topological polar surface area (TPSA) is 113 Å². The molecule has 4 rings (SSSR count). The van der Waals surface area contributed by atoms with Gasteiger partial charge in [-0.05, 0) is 52.4 Å². The molecule has 0 unspecified atom stereocenters. The molecule has 3 aromatic rings. The summed E-state index contributed by atoms with van der Waals surface area (Å²) in [6.45, 7) is 6.53. The van der Waals surface area contributed by atoms with Gasteiger partial charge in [0.2, 0.25) is 5.91 Å². The Labute approximate surface area is 223 Å². The predicted octanol–water partition coefficient (Wildman–Crippen LogP) is 3.93. The van der Waals surface area contributed by atoms with E-state index in [0.29, 0.717) is 17.0 Å². The first-order chi connectivity index (χ1) is 18.0. The quantitative estimate of drug-likeness (QED) is 0.401. The summed E-state index contributed by atoms with van der Waals surface area (Å²) in [4.78, 5) is 24.2. The second-order valence-electron chi connectivity index (χ2n) is 10.3. The van der Waals surface area contributed by atoms with E-state index in [1.54, 1.807) is 48.5 Å². The molecule has 1 heterocycles. The monoisotopic (exact) mass is 536 g/mol. The molecule has 3 aromatic carbocycles. The first-order valence-corrected chi connectivity index (χ1v) is 13.8. The van der Waals surface area contributed by atoms with Crippen LogP contribution in [0.25, 0.3) is 0 Å². The van der Waals surface area contributed by atoms with E-state index in [9.17, 15) is 18.0 Å². The molecule has 0 fully saturated rings. The van der Waals surface area contributed by atoms with E-state index < -0.39 is 27.9 Å². The smallest absolute Gasteiger partial charge is 0.307 e. The molecule has 0 radical (unpaired) electrons. The summed E-state index contributed by atoms with van der Waals surface area (Å²) < 4.78 is 34.4. The number of hydrogen-bond donors (Lipinski definition) is 2. The molecule has 1 atom stereocenters. The van der Waals surface area contributed by atoms with Gasteiger partial charge in [0.15, 0.2) is 0 Å². The number of hydrogen-bond acceptors (Lipinski definition) is 5. The third-order valence-corrected chi connectivity index (χ3v) is 8.29. The zero-order valence-electron chi connectivity index (χ0n) is 21.7. The van der Waals surface area contributed by atoms with Crippen molar-refractivity contribution in [3.8, 4) is 5.75 Å². The minimum Gasteiger partial charge on any atom is -0.492 e. The fraction of sp³-hybridized carbons (Fsp3) is 0.310. The first-order valence-electron chi connectivity index (χ1n) is 12.4. The van der Waals surface area contributed by atoms with E-state index in [-0.39, 0.29) is 36.3 Å². The number of sulfonamides is 1. The number of carboxylic acid groups (broad SMARTS) is 1. The zero-order valence-corrected chi connectivity index (χ0v) is 22.5. The second-order valence-corrected chi connectivity index (χ2v) is 12.1. The van der Waals surface area contributed by atoms with Gasteiger partial charge in [0.1, 0.15) is 18.4 Å². The van der Waals surface area contributed by atoms with Crippen LogP contribution in [0, 0.1) is 0 Å². The lowest BCUT2D eigenvalue weighted by Gasteiger charge is -2.27. The number of rotatable bonds is 9. The van der Waals surface area contributed by atoms with Crippen molar-refractivity contribution < 1.29 is 27.9 Å². The molecule has 2 N–H and O–H groups in total. The van der Waals surface area contributed by atoms with Gasteiger partial charge in [0.25, 0.3) is 10.0 Å². The van der Waals surface area contributed by atoms with E-state index in [0.717, 1.165) is 11.1 Å². The highest BCUT2D eigenvalue weighted by Crippen LogP contribution is 2.37. The SMILES string of the molecule is CC(C)(C)c1ccc(S(=O)(=O)N2c3ccccc3C[C@H]2C(=O)NCCOc2ccc(CC(=O)O)cc2)cc1. The van der Waals surface area contributed by atoms with Crippen LogP contribution in [-0.4, -0.2) is 44.6 Å². The second kappa shape index (κ2) is 10.9. The van der Waals surface area contributed by atoms with E-state index in [4.69, 9.17) is 9.84 Å². The molecule has 0 bridgehead atoms. The minimum atomic E-state index is -4.00. The van der Waals surface area contributed by atoms with Crippen LogP contribution in [-0.2, 0) is 37.9 Å². The Kier molecular flexibility index (Phi) is 7.78. The van der Waals surface area contributed by atoms with Crippen LogP contribution in [0.1, 0.15) is 37.5 Å². The fourth-order valence-electron chi connectivity index (χ4n) is 4.43. The lowest BCUT2D eigenvalue weighted by molar-refractivity contribution is -0.136. The largest absolute Gasteiger partial charge is 0.492 e. The highest BCUT2D eigenvalue weighted by molar-refractivity contribution is 7.93. The van der Waals surface area contributed by atoms with Gasteiger partial charge in [0.05, 0.1) is 23.5 Å². The third kappa shape index (κ3) is 5.99. The molecule has 200 valence electrons. The molecule has 9 heteroatoms. The normalized spacial score (nSPS) is 15.1. The summed E-state index contributed by atoms with van der Waals surface area (Å²) >= 11 is 0. The molecule has 1 amide bonds. The lowest BCUT2D eigenvalue weighted by Crippen LogP contribution is -2.48. The summed E-state index contributed by atoms with van der Waals surface area (Å²) in [5.74, 6) is -0.769. The van der Waals surface area contributed by atoms with Gasteiger partial charge in [-0.3, -0.25) is 13.9 Å². The van der Waals surface area contributed by atoms with Crippen LogP contribution < -0.4 is 14.4 Å². The summed E-state index contributed by atoms with van der Waals surface area (Å²) in [5.41, 5.74) is 2.86. The number of ether oxygens (including phenoxy) is 1. The van der Waals surface area contributed by atoms with Crippen LogP contribution in [0.5, 0.6) is 5.75 Å². The van der Waals surface area contributed by atoms with Crippen molar-refractivity contribution in [3.63, 3.8) is 0 Å². The number of para-hydroxylation sites is 1. The van der Waals surface area contributed by atoms with Crippen molar-refractivity contribution in [1.29, 1.82) is 0 Å². The molecule has 0 aliphatic carbocycles. The first kappa shape index (κ1) is 27.2. The molecule has 0 spiro atoms. The lowest BCUT2D eigenvalue weighted by atomic mass is 9.87. The molecule has 1 aliphatic heterocycles. The van der Waals surface area contributed by atoms with Crippen LogP contribution in [0.4, 0.5) is 5.69 Å². The van der Waals surface area contributed by atoms with Crippen molar-refractivity contribution >= 4 is 27.6 Å². The number of carbonyl (C=O) groups is 2. The minimum absolute atomic E-state index is 0.0692. The number of nitrogens with one attached hydrogen (secondary N) is 1. The Morgan fingerprint density at radius 3 is 2.29 bits per heavy atom. The van der Waals surface area contributed by atoms with E-state index in [1.807, 2.05) is 24.3 Å². The Bertz CT molecular complexity index is 1410. The zero-order chi connectivity index (χ0) is 27.5. The summed E-state index contributed by atoms with van der Waals surface area (Å²) in [7, 11) is -4.00. The van der Waals surface area contributed by atoms with Crippen LogP contribution >= 0.6 is 0 Å². The molecule has 8 nitrogen and oxygen atoms in total. The van der Waals surface area contributed by atoms with Crippen molar-refractivity contribution in [2.24, 2.45) is 0 Å². The van der Waals surface area contributed by atoms with Gasteiger partial charge in [-0.2, -0.15) is 0 Å². The maximum absolute atomic E-state index is 13.8. The van der Waals surface area contributed by atoms with Gasteiger partial charge in [-0.25, -0.2) is 8.42 Å². The summed E-state index contributed by atoms with van der Waals surface area (Å²) in [6, 6.07) is 19.8. The predicted molar refractivity (Wildman–Crippen MR) is 145 cm³/mol. The van der Waals surface area contributed by atoms with E-state index in [1.165, 1.54) is 4.31 Å². The van der Waals surface area contributed by atoms with Crippen molar-refractivity contribution in [2.45, 2.75) is 50.0 Å².